The van der Waals surface area contributed by atoms with E-state index in [1.807, 2.05) is 25.1 Å². The summed E-state index contributed by atoms with van der Waals surface area (Å²) in [5, 5.41) is 6.52. The number of rotatable bonds is 6. The van der Waals surface area contributed by atoms with Gasteiger partial charge in [-0.05, 0) is 30.7 Å². The van der Waals surface area contributed by atoms with Gasteiger partial charge < -0.3 is 10.6 Å². The van der Waals surface area contributed by atoms with Gasteiger partial charge in [-0.1, -0.05) is 35.3 Å². The van der Waals surface area contributed by atoms with Crippen molar-refractivity contribution in [1.29, 1.82) is 0 Å². The molecule has 0 aliphatic carbocycles. The van der Waals surface area contributed by atoms with Crippen molar-refractivity contribution in [2.24, 2.45) is 4.99 Å². The maximum atomic E-state index is 11.7. The molecule has 1 rings (SSSR count). The van der Waals surface area contributed by atoms with Gasteiger partial charge in [-0.25, -0.2) is 4.79 Å². The second-order valence-corrected chi connectivity index (χ2v) is 5.14. The van der Waals surface area contributed by atoms with Crippen molar-refractivity contribution in [3.63, 3.8) is 0 Å². The molecule has 0 heterocycles. The van der Waals surface area contributed by atoms with E-state index < -0.39 is 0 Å². The summed E-state index contributed by atoms with van der Waals surface area (Å²) in [6, 6.07) is 5.04. The maximum Gasteiger partial charge on any atom is 0.315 e. The van der Waals surface area contributed by atoms with Crippen LogP contribution in [-0.4, -0.2) is 25.3 Å². The fourth-order valence-electron chi connectivity index (χ4n) is 1.66. The largest absolute Gasteiger partial charge is 0.338 e. The van der Waals surface area contributed by atoms with Gasteiger partial charge in [0.25, 0.3) is 0 Å². The number of nitrogens with zero attached hydrogens (tertiary/aromatic N) is 1. The summed E-state index contributed by atoms with van der Waals surface area (Å²) in [4.78, 5) is 15.8. The highest BCUT2D eigenvalue weighted by Crippen LogP contribution is 2.22. The van der Waals surface area contributed by atoms with E-state index in [0.29, 0.717) is 29.6 Å². The summed E-state index contributed by atoms with van der Waals surface area (Å²) >= 11 is 11.7. The number of hydrogen-bond donors (Lipinski definition) is 2. The van der Waals surface area contributed by atoms with E-state index in [9.17, 15) is 4.79 Å². The van der Waals surface area contributed by atoms with Crippen LogP contribution < -0.4 is 10.6 Å². The summed E-state index contributed by atoms with van der Waals surface area (Å²) in [5.74, 6) is 0. The van der Waals surface area contributed by atoms with E-state index in [1.54, 1.807) is 19.2 Å². The van der Waals surface area contributed by atoms with Crippen LogP contribution in [0.5, 0.6) is 0 Å². The lowest BCUT2D eigenvalue weighted by Crippen LogP contribution is -2.36. The Morgan fingerprint density at radius 1 is 1.29 bits per heavy atom. The van der Waals surface area contributed by atoms with Crippen molar-refractivity contribution in [3.8, 4) is 0 Å². The van der Waals surface area contributed by atoms with Gasteiger partial charge in [-0.2, -0.15) is 0 Å². The third-order valence-corrected chi connectivity index (χ3v) is 3.49. The van der Waals surface area contributed by atoms with Crippen molar-refractivity contribution >= 4 is 34.9 Å². The van der Waals surface area contributed by atoms with Crippen molar-refractivity contribution < 1.29 is 4.79 Å². The van der Waals surface area contributed by atoms with Gasteiger partial charge in [0.15, 0.2) is 0 Å². The molecule has 0 radical (unpaired) electrons. The smallest absolute Gasteiger partial charge is 0.315 e. The van der Waals surface area contributed by atoms with E-state index in [4.69, 9.17) is 23.2 Å². The lowest BCUT2D eigenvalue weighted by Gasteiger charge is -2.08. The zero-order chi connectivity index (χ0) is 15.7. The van der Waals surface area contributed by atoms with Gasteiger partial charge in [0.05, 0.1) is 10.0 Å². The van der Waals surface area contributed by atoms with Gasteiger partial charge in [0.1, 0.15) is 0 Å². The number of amides is 2. The number of carbonyl (C=O) groups is 1. The molecule has 2 amide bonds. The van der Waals surface area contributed by atoms with Crippen molar-refractivity contribution in [2.75, 3.05) is 13.6 Å². The predicted octanol–water partition coefficient (Wildman–Crippen LogP) is 3.83. The van der Waals surface area contributed by atoms with Crippen LogP contribution in [-0.2, 0) is 6.54 Å². The Labute approximate surface area is 135 Å². The van der Waals surface area contributed by atoms with Crippen LogP contribution in [0.15, 0.2) is 35.3 Å². The number of carbonyl (C=O) groups excluding carboxylic acids is 1. The van der Waals surface area contributed by atoms with E-state index in [1.165, 1.54) is 0 Å². The number of halogens is 2. The molecular formula is C15H19Cl2N3O. The van der Waals surface area contributed by atoms with E-state index >= 15 is 0 Å². The summed E-state index contributed by atoms with van der Waals surface area (Å²) in [6.45, 7) is 2.86. The second-order valence-electron chi connectivity index (χ2n) is 4.32. The molecule has 0 aliphatic heterocycles. The molecule has 0 atom stereocenters. The van der Waals surface area contributed by atoms with Gasteiger partial charge in [0.2, 0.25) is 0 Å². The molecule has 4 nitrogen and oxygen atoms in total. The highest BCUT2D eigenvalue weighted by molar-refractivity contribution is 6.42. The molecule has 2 N–H and O–H groups in total. The number of nitrogens with one attached hydrogen (secondary N) is 2. The summed E-state index contributed by atoms with van der Waals surface area (Å²) in [6.07, 6.45) is 4.54. The molecule has 0 aromatic heterocycles. The quantitative estimate of drug-likeness (QED) is 0.766. The standard InChI is InChI=1S/C15H19Cl2N3O/c1-3-4-12(18-2)7-8-19-15(21)20-10-11-5-6-13(16)14(17)9-11/h3-6,9H,7-8,10H2,1-2H3,(H2,19,20,21). The van der Waals surface area contributed by atoms with Crippen LogP contribution in [0.1, 0.15) is 18.9 Å². The number of aliphatic imine (C=N–C) groups is 1. The molecule has 0 spiro atoms. The van der Waals surface area contributed by atoms with Gasteiger partial charge in [0, 0.05) is 32.3 Å². The van der Waals surface area contributed by atoms with Crippen LogP contribution in [0.3, 0.4) is 0 Å². The molecule has 0 saturated carbocycles. The highest BCUT2D eigenvalue weighted by Gasteiger charge is 2.03. The van der Waals surface area contributed by atoms with Crippen LogP contribution in [0.25, 0.3) is 0 Å². The number of allylic oxidation sites excluding steroid dienone is 2. The molecule has 6 heteroatoms. The average molecular weight is 328 g/mol. The van der Waals surface area contributed by atoms with E-state index in [-0.39, 0.29) is 6.03 Å². The molecule has 0 aliphatic rings. The first-order valence-electron chi connectivity index (χ1n) is 6.60. The van der Waals surface area contributed by atoms with Crippen molar-refractivity contribution in [1.82, 2.24) is 10.6 Å². The molecule has 1 aromatic carbocycles. The zero-order valence-corrected chi connectivity index (χ0v) is 13.6. The second kappa shape index (κ2) is 9.42. The Morgan fingerprint density at radius 2 is 2.05 bits per heavy atom. The number of urea groups is 1. The van der Waals surface area contributed by atoms with Crippen molar-refractivity contribution in [3.05, 3.63) is 46.0 Å². The van der Waals surface area contributed by atoms with E-state index in [0.717, 1.165) is 11.3 Å². The minimum atomic E-state index is -0.225. The average Bonchev–Trinajstić information content (AvgIpc) is 2.47. The highest BCUT2D eigenvalue weighted by atomic mass is 35.5. The normalized spacial score (nSPS) is 11.7. The molecule has 0 bridgehead atoms. The molecule has 1 aromatic rings. The minimum absolute atomic E-state index is 0.225. The summed E-state index contributed by atoms with van der Waals surface area (Å²) in [5.41, 5.74) is 1.84. The Kier molecular flexibility index (Phi) is 7.87. The topological polar surface area (TPSA) is 53.5 Å². The molecule has 0 unspecified atom stereocenters. The van der Waals surface area contributed by atoms with Crippen LogP contribution >= 0.6 is 23.2 Å². The molecule has 114 valence electrons. The van der Waals surface area contributed by atoms with Gasteiger partial charge in [-0.15, -0.1) is 0 Å². The van der Waals surface area contributed by atoms with Crippen LogP contribution in [0, 0.1) is 0 Å². The lowest BCUT2D eigenvalue weighted by molar-refractivity contribution is 0.241. The van der Waals surface area contributed by atoms with E-state index in [2.05, 4.69) is 15.6 Å². The Balaban J connectivity index is 2.32. The Bertz CT molecular complexity index is 542. The Morgan fingerprint density at radius 3 is 2.67 bits per heavy atom. The Hall–Kier alpha value is -1.52. The molecular weight excluding hydrogens is 309 g/mol. The van der Waals surface area contributed by atoms with Crippen molar-refractivity contribution in [2.45, 2.75) is 19.9 Å². The summed E-state index contributed by atoms with van der Waals surface area (Å²) < 4.78 is 0. The van der Waals surface area contributed by atoms with Gasteiger partial charge >= 0.3 is 6.03 Å². The van der Waals surface area contributed by atoms with Crippen LogP contribution in [0.4, 0.5) is 4.79 Å². The molecule has 0 saturated heterocycles. The fourth-order valence-corrected chi connectivity index (χ4v) is 1.98. The number of hydrogen-bond acceptors (Lipinski definition) is 2. The summed E-state index contributed by atoms with van der Waals surface area (Å²) in [7, 11) is 1.74. The maximum absolute atomic E-state index is 11.7. The predicted molar refractivity (Wildman–Crippen MR) is 89.5 cm³/mol. The fraction of sp³-hybridized carbons (Fsp3) is 0.333. The molecule has 21 heavy (non-hydrogen) atoms. The third-order valence-electron chi connectivity index (χ3n) is 2.75. The molecule has 0 fully saturated rings. The first kappa shape index (κ1) is 17.5. The lowest BCUT2D eigenvalue weighted by atomic mass is 10.2. The van der Waals surface area contributed by atoms with Crippen LogP contribution in [0.2, 0.25) is 10.0 Å². The minimum Gasteiger partial charge on any atom is -0.338 e. The van der Waals surface area contributed by atoms with Gasteiger partial charge in [-0.3, -0.25) is 4.99 Å². The third kappa shape index (κ3) is 6.65. The zero-order valence-electron chi connectivity index (χ0n) is 12.1. The number of benzene rings is 1. The monoisotopic (exact) mass is 327 g/mol. The SMILES string of the molecule is CC=CC(CCNC(=O)NCc1ccc(Cl)c(Cl)c1)=NC. The first-order valence-corrected chi connectivity index (χ1v) is 7.36. The first-order chi connectivity index (χ1) is 10.1.